The minimum absolute atomic E-state index is 0. The fourth-order valence-corrected chi connectivity index (χ4v) is 3.87. The first-order valence-electron chi connectivity index (χ1n) is 5.62. The van der Waals surface area contributed by atoms with Gasteiger partial charge in [0.2, 0.25) is 10.0 Å². The zero-order valence-electron chi connectivity index (χ0n) is 10.1. The number of benzene rings is 1. The lowest BCUT2D eigenvalue weighted by Crippen LogP contribution is -2.45. The molecule has 0 saturated carbocycles. The van der Waals surface area contributed by atoms with Crippen LogP contribution < -0.4 is 5.73 Å². The number of sulfonamides is 1. The summed E-state index contributed by atoms with van der Waals surface area (Å²) in [4.78, 5) is -0.385. The molecule has 1 aromatic rings. The first-order chi connectivity index (χ1) is 8.43. The van der Waals surface area contributed by atoms with Gasteiger partial charge in [0.1, 0.15) is 4.90 Å². The average molecular weight is 329 g/mol. The van der Waals surface area contributed by atoms with E-state index in [4.69, 9.17) is 17.3 Å². The molecule has 0 radical (unpaired) electrons. The minimum Gasteiger partial charge on any atom is -0.327 e. The fraction of sp³-hybridized carbons (Fsp3) is 0.455. The van der Waals surface area contributed by atoms with Crippen molar-refractivity contribution in [2.24, 2.45) is 5.73 Å². The van der Waals surface area contributed by atoms with Crippen molar-refractivity contribution >= 4 is 34.0 Å². The molecule has 0 bridgehead atoms. The van der Waals surface area contributed by atoms with Crippen LogP contribution in [0.5, 0.6) is 0 Å². The van der Waals surface area contributed by atoms with E-state index in [0.717, 1.165) is 6.42 Å². The summed E-state index contributed by atoms with van der Waals surface area (Å²) in [7, 11) is -3.85. The average Bonchev–Trinajstić information content (AvgIpc) is 2.32. The molecular weight excluding hydrogens is 314 g/mol. The summed E-state index contributed by atoms with van der Waals surface area (Å²) in [6.45, 7) is 0.580. The van der Waals surface area contributed by atoms with Crippen LogP contribution in [0.15, 0.2) is 23.1 Å². The van der Waals surface area contributed by atoms with Crippen LogP contribution in [0.4, 0.5) is 4.39 Å². The van der Waals surface area contributed by atoms with Gasteiger partial charge >= 0.3 is 0 Å². The Morgan fingerprint density at radius 1 is 1.42 bits per heavy atom. The third-order valence-corrected chi connectivity index (χ3v) is 5.13. The van der Waals surface area contributed by atoms with E-state index in [1.54, 1.807) is 0 Å². The number of nitrogens with two attached hydrogens (primary N) is 1. The topological polar surface area (TPSA) is 63.4 Å². The molecule has 4 nitrogen and oxygen atoms in total. The second-order valence-corrected chi connectivity index (χ2v) is 6.63. The number of halogens is 3. The molecule has 1 saturated heterocycles. The highest BCUT2D eigenvalue weighted by atomic mass is 35.5. The monoisotopic (exact) mass is 328 g/mol. The molecule has 108 valence electrons. The van der Waals surface area contributed by atoms with E-state index in [1.165, 1.54) is 22.5 Å². The Hall–Kier alpha value is -0.400. The molecular formula is C11H15Cl2FN2O2S. The van der Waals surface area contributed by atoms with Crippen LogP contribution in [0.2, 0.25) is 5.02 Å². The largest absolute Gasteiger partial charge is 0.327 e. The number of rotatable bonds is 2. The summed E-state index contributed by atoms with van der Waals surface area (Å²) < 4.78 is 39.6. The van der Waals surface area contributed by atoms with Gasteiger partial charge in [0.05, 0.1) is 5.02 Å². The lowest BCUT2D eigenvalue weighted by atomic mass is 10.1. The van der Waals surface area contributed by atoms with Gasteiger partial charge in [-0.3, -0.25) is 0 Å². The maximum absolute atomic E-state index is 13.8. The van der Waals surface area contributed by atoms with Gasteiger partial charge in [-0.05, 0) is 25.0 Å². The van der Waals surface area contributed by atoms with Gasteiger partial charge in [0.15, 0.2) is 5.82 Å². The lowest BCUT2D eigenvalue weighted by Gasteiger charge is -2.29. The Bertz CT molecular complexity index is 554. The number of hydrogen-bond acceptors (Lipinski definition) is 3. The summed E-state index contributed by atoms with van der Waals surface area (Å²) in [5.41, 5.74) is 5.74. The molecule has 0 spiro atoms. The van der Waals surface area contributed by atoms with Crippen molar-refractivity contribution in [2.75, 3.05) is 13.1 Å². The van der Waals surface area contributed by atoms with Crippen molar-refractivity contribution in [3.63, 3.8) is 0 Å². The molecule has 1 heterocycles. The Morgan fingerprint density at radius 2 is 2.11 bits per heavy atom. The molecule has 1 unspecified atom stereocenters. The Morgan fingerprint density at radius 3 is 2.74 bits per heavy atom. The normalized spacial score (nSPS) is 20.9. The SMILES string of the molecule is Cl.NC1CCCN(S(=O)(=O)c2cccc(Cl)c2F)C1. The maximum atomic E-state index is 13.8. The summed E-state index contributed by atoms with van der Waals surface area (Å²) in [6.07, 6.45) is 1.46. The lowest BCUT2D eigenvalue weighted by molar-refractivity contribution is 0.315. The quantitative estimate of drug-likeness (QED) is 0.903. The molecule has 1 fully saturated rings. The van der Waals surface area contributed by atoms with E-state index < -0.39 is 15.8 Å². The summed E-state index contributed by atoms with van der Waals surface area (Å²) in [5.74, 6) is -0.904. The van der Waals surface area contributed by atoms with E-state index in [9.17, 15) is 12.8 Å². The van der Waals surface area contributed by atoms with Crippen molar-refractivity contribution < 1.29 is 12.8 Å². The Kier molecular flexibility index (Phi) is 5.58. The smallest absolute Gasteiger partial charge is 0.246 e. The third kappa shape index (κ3) is 3.38. The van der Waals surface area contributed by atoms with E-state index in [1.807, 2.05) is 0 Å². The molecule has 0 aromatic heterocycles. The highest BCUT2D eigenvalue weighted by Gasteiger charge is 2.31. The van der Waals surface area contributed by atoms with Crippen LogP contribution in [-0.2, 0) is 10.0 Å². The molecule has 1 aromatic carbocycles. The Balaban J connectivity index is 0.00000180. The fourth-order valence-electron chi connectivity index (χ4n) is 2.01. The molecule has 0 aliphatic carbocycles. The zero-order chi connectivity index (χ0) is 13.3. The predicted molar refractivity (Wildman–Crippen MR) is 74.6 cm³/mol. The van der Waals surface area contributed by atoms with Gasteiger partial charge < -0.3 is 5.73 Å². The van der Waals surface area contributed by atoms with Gasteiger partial charge in [-0.1, -0.05) is 17.7 Å². The van der Waals surface area contributed by atoms with E-state index in [2.05, 4.69) is 0 Å². The summed E-state index contributed by atoms with van der Waals surface area (Å²) >= 11 is 5.60. The van der Waals surface area contributed by atoms with Gasteiger partial charge in [-0.15, -0.1) is 12.4 Å². The summed E-state index contributed by atoms with van der Waals surface area (Å²) in [6, 6.07) is 3.76. The van der Waals surface area contributed by atoms with Crippen LogP contribution in [0, 0.1) is 5.82 Å². The third-order valence-electron chi connectivity index (χ3n) is 2.95. The van der Waals surface area contributed by atoms with E-state index in [0.29, 0.717) is 13.0 Å². The molecule has 2 rings (SSSR count). The summed E-state index contributed by atoms with van der Waals surface area (Å²) in [5, 5.41) is -0.197. The van der Waals surface area contributed by atoms with Crippen molar-refractivity contribution in [3.8, 4) is 0 Å². The van der Waals surface area contributed by atoms with Crippen LogP contribution in [-0.4, -0.2) is 31.9 Å². The van der Waals surface area contributed by atoms with E-state index in [-0.39, 0.29) is 34.9 Å². The van der Waals surface area contributed by atoms with Crippen LogP contribution >= 0.6 is 24.0 Å². The van der Waals surface area contributed by atoms with Crippen LogP contribution in [0.1, 0.15) is 12.8 Å². The van der Waals surface area contributed by atoms with E-state index >= 15 is 0 Å². The van der Waals surface area contributed by atoms with Crippen molar-refractivity contribution in [2.45, 2.75) is 23.8 Å². The molecule has 19 heavy (non-hydrogen) atoms. The molecule has 1 aliphatic heterocycles. The van der Waals surface area contributed by atoms with Gasteiger partial charge in [0, 0.05) is 19.1 Å². The number of piperidine rings is 1. The minimum atomic E-state index is -3.85. The molecule has 8 heteroatoms. The maximum Gasteiger partial charge on any atom is 0.246 e. The van der Waals surface area contributed by atoms with Crippen molar-refractivity contribution in [3.05, 3.63) is 29.0 Å². The second-order valence-electron chi connectivity index (χ2n) is 4.32. The molecule has 2 N–H and O–H groups in total. The van der Waals surface area contributed by atoms with Gasteiger partial charge in [0.25, 0.3) is 0 Å². The first kappa shape index (κ1) is 16.7. The van der Waals surface area contributed by atoms with Gasteiger partial charge in [-0.2, -0.15) is 4.31 Å². The molecule has 1 aliphatic rings. The molecule has 1 atom stereocenters. The number of hydrogen-bond donors (Lipinski definition) is 1. The van der Waals surface area contributed by atoms with Crippen molar-refractivity contribution in [1.82, 2.24) is 4.31 Å². The van der Waals surface area contributed by atoms with Crippen LogP contribution in [0.3, 0.4) is 0 Å². The standard InChI is InChI=1S/C11H14ClFN2O2S.ClH/c12-9-4-1-5-10(11(9)13)18(16,17)15-6-2-3-8(14)7-15;/h1,4-5,8H,2-3,6-7,14H2;1H. The first-order valence-corrected chi connectivity index (χ1v) is 7.44. The van der Waals surface area contributed by atoms with Crippen molar-refractivity contribution in [1.29, 1.82) is 0 Å². The number of nitrogens with zero attached hydrogens (tertiary/aromatic N) is 1. The highest BCUT2D eigenvalue weighted by Crippen LogP contribution is 2.26. The highest BCUT2D eigenvalue weighted by molar-refractivity contribution is 7.89. The zero-order valence-corrected chi connectivity index (χ0v) is 12.4. The van der Waals surface area contributed by atoms with Crippen LogP contribution in [0.25, 0.3) is 0 Å². The predicted octanol–water partition coefficient (Wildman–Crippen LogP) is 2.01. The second kappa shape index (κ2) is 6.37. The molecule has 0 amide bonds. The van der Waals surface area contributed by atoms with Gasteiger partial charge in [-0.25, -0.2) is 12.8 Å². The Labute approximate surface area is 123 Å².